The molecule has 0 spiro atoms. The van der Waals surface area contributed by atoms with Crippen LogP contribution < -0.4 is 10.6 Å². The molecule has 162 valence electrons. The van der Waals surface area contributed by atoms with Gasteiger partial charge < -0.3 is 15.7 Å². The number of anilines is 2. The van der Waals surface area contributed by atoms with Crippen LogP contribution in [0.2, 0.25) is 0 Å². The minimum Gasteiger partial charge on any atom is -0.481 e. The summed E-state index contributed by atoms with van der Waals surface area (Å²) in [5, 5.41) is 23.1. The molecule has 0 fully saturated rings. The number of hydrogen-bond donors (Lipinski definition) is 3. The second-order valence-electron chi connectivity index (χ2n) is 6.48. The molecule has 0 aliphatic rings. The molecule has 3 aromatic rings. The molecule has 2 amide bonds. The van der Waals surface area contributed by atoms with Crippen molar-refractivity contribution in [3.63, 3.8) is 0 Å². The number of carbonyl (C=O) groups is 2. The van der Waals surface area contributed by atoms with Crippen LogP contribution in [-0.4, -0.2) is 27.3 Å². The van der Waals surface area contributed by atoms with Crippen LogP contribution in [0.1, 0.15) is 23.4 Å². The van der Waals surface area contributed by atoms with Crippen LogP contribution in [0.4, 0.5) is 29.3 Å². The minimum atomic E-state index is -4.50. The van der Waals surface area contributed by atoms with E-state index in [0.717, 1.165) is 22.7 Å². The van der Waals surface area contributed by atoms with Gasteiger partial charge in [-0.3, -0.25) is 4.79 Å². The molecule has 0 aliphatic heterocycles. The van der Waals surface area contributed by atoms with E-state index in [2.05, 4.69) is 20.8 Å². The van der Waals surface area contributed by atoms with Crippen molar-refractivity contribution in [1.29, 1.82) is 0 Å². The van der Waals surface area contributed by atoms with Crippen LogP contribution in [0.25, 0.3) is 10.6 Å². The van der Waals surface area contributed by atoms with Crippen LogP contribution in [0.3, 0.4) is 0 Å². The fourth-order valence-corrected chi connectivity index (χ4v) is 3.51. The zero-order chi connectivity index (χ0) is 22.4. The number of aryl methyl sites for hydroxylation is 1. The highest BCUT2D eigenvalue weighted by atomic mass is 32.1. The molecule has 31 heavy (non-hydrogen) atoms. The standard InChI is InChI=1S/C20H17F3N4O3S/c21-20(22,23)13-3-1-4-15(11-13)25-19(30)24-14-9-7-12(8-10-14)18-27-26-16(31-18)5-2-6-17(28)29/h1,3-4,7-11H,2,5-6H2,(H,28,29)(H2,24,25,30). The number of rotatable bonds is 7. The summed E-state index contributed by atoms with van der Waals surface area (Å²) < 4.78 is 38.3. The van der Waals surface area contributed by atoms with E-state index >= 15 is 0 Å². The summed E-state index contributed by atoms with van der Waals surface area (Å²) in [5.74, 6) is -0.857. The predicted octanol–water partition coefficient (Wildman–Crippen LogP) is 5.28. The third kappa shape index (κ3) is 6.51. The lowest BCUT2D eigenvalue weighted by atomic mass is 10.2. The van der Waals surface area contributed by atoms with Gasteiger partial charge in [0.05, 0.1) is 5.56 Å². The van der Waals surface area contributed by atoms with Crippen LogP contribution in [0.15, 0.2) is 48.5 Å². The summed E-state index contributed by atoms with van der Waals surface area (Å²) in [5.41, 5.74) is 0.382. The molecule has 11 heteroatoms. The van der Waals surface area contributed by atoms with Crippen LogP contribution in [0.5, 0.6) is 0 Å². The molecule has 0 atom stereocenters. The van der Waals surface area contributed by atoms with Gasteiger partial charge in [0.15, 0.2) is 0 Å². The number of halogens is 3. The van der Waals surface area contributed by atoms with Crippen molar-refractivity contribution in [2.75, 3.05) is 10.6 Å². The first kappa shape index (κ1) is 22.2. The molecular formula is C20H17F3N4O3S. The zero-order valence-electron chi connectivity index (χ0n) is 15.9. The maximum Gasteiger partial charge on any atom is 0.416 e. The highest BCUT2D eigenvalue weighted by molar-refractivity contribution is 7.14. The van der Waals surface area contributed by atoms with Crippen LogP contribution in [0, 0.1) is 0 Å². The van der Waals surface area contributed by atoms with Gasteiger partial charge in [-0.1, -0.05) is 17.4 Å². The molecule has 0 aliphatic carbocycles. The first-order valence-corrected chi connectivity index (χ1v) is 9.92. The number of alkyl halides is 3. The largest absolute Gasteiger partial charge is 0.481 e. The normalized spacial score (nSPS) is 11.2. The highest BCUT2D eigenvalue weighted by Crippen LogP contribution is 2.31. The first-order chi connectivity index (χ1) is 14.7. The summed E-state index contributed by atoms with van der Waals surface area (Å²) in [6, 6.07) is 10.4. The quantitative estimate of drug-likeness (QED) is 0.455. The Kier molecular flexibility index (Phi) is 6.85. The molecule has 1 aromatic heterocycles. The third-order valence-corrected chi connectivity index (χ3v) is 5.12. The SMILES string of the molecule is O=C(O)CCCc1nnc(-c2ccc(NC(=O)Nc3cccc(C(F)(F)F)c3)cc2)s1. The number of hydrogen-bond acceptors (Lipinski definition) is 5. The molecule has 1 heterocycles. The Morgan fingerprint density at radius 2 is 1.71 bits per heavy atom. The number of carbonyl (C=O) groups excluding carboxylic acids is 1. The third-order valence-electron chi connectivity index (χ3n) is 4.09. The minimum absolute atomic E-state index is 0.0215. The van der Waals surface area contributed by atoms with Crippen LogP contribution in [-0.2, 0) is 17.4 Å². The van der Waals surface area contributed by atoms with Gasteiger partial charge in [0.25, 0.3) is 0 Å². The Balaban J connectivity index is 1.58. The number of carboxylic acids is 1. The van der Waals surface area contributed by atoms with E-state index in [0.29, 0.717) is 23.5 Å². The fraction of sp³-hybridized carbons (Fsp3) is 0.200. The van der Waals surface area contributed by atoms with Crippen molar-refractivity contribution in [1.82, 2.24) is 10.2 Å². The summed E-state index contributed by atoms with van der Waals surface area (Å²) in [6.45, 7) is 0. The predicted molar refractivity (Wildman–Crippen MR) is 110 cm³/mol. The van der Waals surface area contributed by atoms with Gasteiger partial charge in [0, 0.05) is 29.8 Å². The van der Waals surface area contributed by atoms with Crippen molar-refractivity contribution in [2.45, 2.75) is 25.4 Å². The number of aliphatic carboxylic acids is 1. The number of urea groups is 1. The average molecular weight is 450 g/mol. The summed E-state index contributed by atoms with van der Waals surface area (Å²) >= 11 is 1.36. The van der Waals surface area contributed by atoms with E-state index in [4.69, 9.17) is 5.11 Å². The summed E-state index contributed by atoms with van der Waals surface area (Å²) in [4.78, 5) is 22.7. The molecule has 3 N–H and O–H groups in total. The Labute approximate surface area is 178 Å². The molecule has 2 aromatic carbocycles. The second kappa shape index (κ2) is 9.56. The van der Waals surface area contributed by atoms with Crippen molar-refractivity contribution >= 4 is 34.7 Å². The monoisotopic (exact) mass is 450 g/mol. The van der Waals surface area contributed by atoms with Gasteiger partial charge in [0.2, 0.25) is 0 Å². The topological polar surface area (TPSA) is 104 Å². The molecule has 3 rings (SSSR count). The fourth-order valence-electron chi connectivity index (χ4n) is 2.62. The molecule has 0 saturated carbocycles. The van der Waals surface area contributed by atoms with Crippen LogP contribution >= 0.6 is 11.3 Å². The van der Waals surface area contributed by atoms with Crippen molar-refractivity contribution in [3.8, 4) is 10.6 Å². The Morgan fingerprint density at radius 3 is 2.39 bits per heavy atom. The van der Waals surface area contributed by atoms with Gasteiger partial charge >= 0.3 is 18.2 Å². The highest BCUT2D eigenvalue weighted by Gasteiger charge is 2.30. The van der Waals surface area contributed by atoms with E-state index in [9.17, 15) is 22.8 Å². The number of carboxylic acid groups (broad SMARTS) is 1. The first-order valence-electron chi connectivity index (χ1n) is 9.10. The summed E-state index contributed by atoms with van der Waals surface area (Å²) in [7, 11) is 0. The molecule has 0 unspecified atom stereocenters. The van der Waals surface area contributed by atoms with Crippen molar-refractivity contribution < 1.29 is 27.9 Å². The Morgan fingerprint density at radius 1 is 1.00 bits per heavy atom. The second-order valence-corrected chi connectivity index (χ2v) is 7.55. The molecule has 0 saturated heterocycles. The maximum absolute atomic E-state index is 12.8. The average Bonchev–Trinajstić information content (AvgIpc) is 3.16. The van der Waals surface area contributed by atoms with E-state index in [-0.39, 0.29) is 12.1 Å². The molecule has 7 nitrogen and oxygen atoms in total. The van der Waals surface area contributed by atoms with E-state index < -0.39 is 23.7 Å². The number of nitrogens with zero attached hydrogens (tertiary/aromatic N) is 2. The van der Waals surface area contributed by atoms with Gasteiger partial charge in [-0.25, -0.2) is 4.79 Å². The lowest BCUT2D eigenvalue weighted by Crippen LogP contribution is -2.19. The van der Waals surface area contributed by atoms with Gasteiger partial charge in [-0.15, -0.1) is 10.2 Å². The van der Waals surface area contributed by atoms with E-state index in [1.807, 2.05) is 0 Å². The molecular weight excluding hydrogens is 433 g/mol. The lowest BCUT2D eigenvalue weighted by Gasteiger charge is -2.11. The molecule has 0 bridgehead atoms. The number of amides is 2. The Hall–Kier alpha value is -3.47. The number of nitrogens with one attached hydrogen (secondary N) is 2. The van der Waals surface area contributed by atoms with Gasteiger partial charge in [0.1, 0.15) is 10.0 Å². The maximum atomic E-state index is 12.8. The lowest BCUT2D eigenvalue weighted by molar-refractivity contribution is -0.138. The van der Waals surface area contributed by atoms with Crippen molar-refractivity contribution in [3.05, 3.63) is 59.1 Å². The van der Waals surface area contributed by atoms with E-state index in [1.54, 1.807) is 24.3 Å². The number of aromatic nitrogens is 2. The smallest absolute Gasteiger partial charge is 0.416 e. The zero-order valence-corrected chi connectivity index (χ0v) is 16.8. The van der Waals surface area contributed by atoms with Crippen molar-refractivity contribution in [2.24, 2.45) is 0 Å². The Bertz CT molecular complexity index is 1070. The van der Waals surface area contributed by atoms with Gasteiger partial charge in [-0.2, -0.15) is 13.2 Å². The summed E-state index contributed by atoms with van der Waals surface area (Å²) in [6.07, 6.45) is -3.42. The van der Waals surface area contributed by atoms with Gasteiger partial charge in [-0.05, 0) is 48.9 Å². The number of benzene rings is 2. The molecule has 0 radical (unpaired) electrons. The van der Waals surface area contributed by atoms with E-state index in [1.165, 1.54) is 23.5 Å².